The summed E-state index contributed by atoms with van der Waals surface area (Å²) in [5.41, 5.74) is 0.905. The molecule has 0 spiro atoms. The number of hydrogen-bond acceptors (Lipinski definition) is 2. The summed E-state index contributed by atoms with van der Waals surface area (Å²) in [7, 11) is 1.58. The standard InChI is InChI=1S/C11H11ClO2/c1-14-10-4-2-3-8(11(10)12)7-5-6-9(7)13/h2-4,7H,5-6H2,1H3. The number of carbonyl (C=O) groups excluding carboxylic acids is 1. The van der Waals surface area contributed by atoms with E-state index in [0.29, 0.717) is 17.2 Å². The van der Waals surface area contributed by atoms with Gasteiger partial charge in [-0.3, -0.25) is 4.79 Å². The normalized spacial score (nSPS) is 20.4. The molecule has 2 nitrogen and oxygen atoms in total. The molecule has 0 aromatic heterocycles. The van der Waals surface area contributed by atoms with Crippen LogP contribution in [0.2, 0.25) is 5.02 Å². The molecule has 0 amide bonds. The fourth-order valence-corrected chi connectivity index (χ4v) is 2.02. The summed E-state index contributed by atoms with van der Waals surface area (Å²) in [6.07, 6.45) is 1.59. The number of ketones is 1. The van der Waals surface area contributed by atoms with Gasteiger partial charge in [0.2, 0.25) is 0 Å². The molecular weight excluding hydrogens is 200 g/mol. The van der Waals surface area contributed by atoms with Gasteiger partial charge in [0.05, 0.1) is 12.1 Å². The van der Waals surface area contributed by atoms with Crippen molar-refractivity contribution >= 4 is 17.4 Å². The molecule has 14 heavy (non-hydrogen) atoms. The van der Waals surface area contributed by atoms with E-state index >= 15 is 0 Å². The van der Waals surface area contributed by atoms with Crippen molar-refractivity contribution in [1.82, 2.24) is 0 Å². The lowest BCUT2D eigenvalue weighted by molar-refractivity contribution is -0.125. The molecule has 3 heteroatoms. The third-order valence-corrected chi connectivity index (χ3v) is 3.06. The van der Waals surface area contributed by atoms with E-state index in [4.69, 9.17) is 16.3 Å². The first-order valence-corrected chi connectivity index (χ1v) is 4.97. The number of methoxy groups -OCH3 is 1. The van der Waals surface area contributed by atoms with Gasteiger partial charge in [-0.1, -0.05) is 23.7 Å². The van der Waals surface area contributed by atoms with Crippen LogP contribution in [0, 0.1) is 0 Å². The smallest absolute Gasteiger partial charge is 0.140 e. The largest absolute Gasteiger partial charge is 0.495 e. The minimum Gasteiger partial charge on any atom is -0.495 e. The van der Waals surface area contributed by atoms with Gasteiger partial charge in [0, 0.05) is 12.3 Å². The minimum absolute atomic E-state index is 0.00222. The fourth-order valence-electron chi connectivity index (χ4n) is 1.69. The molecule has 1 aliphatic carbocycles. The summed E-state index contributed by atoms with van der Waals surface area (Å²) in [6.45, 7) is 0. The second kappa shape index (κ2) is 3.62. The van der Waals surface area contributed by atoms with Crippen molar-refractivity contribution < 1.29 is 9.53 Å². The maximum atomic E-state index is 11.3. The third kappa shape index (κ3) is 1.40. The number of halogens is 1. The second-order valence-electron chi connectivity index (χ2n) is 3.42. The van der Waals surface area contributed by atoms with Crippen LogP contribution in [-0.4, -0.2) is 12.9 Å². The van der Waals surface area contributed by atoms with Crippen molar-refractivity contribution in [2.45, 2.75) is 18.8 Å². The topological polar surface area (TPSA) is 26.3 Å². The van der Waals surface area contributed by atoms with Crippen LogP contribution in [0.15, 0.2) is 18.2 Å². The zero-order valence-electron chi connectivity index (χ0n) is 7.92. The summed E-state index contributed by atoms with van der Waals surface area (Å²) in [5.74, 6) is 0.918. The zero-order chi connectivity index (χ0) is 10.1. The van der Waals surface area contributed by atoms with E-state index in [-0.39, 0.29) is 11.7 Å². The van der Waals surface area contributed by atoms with Crippen LogP contribution in [-0.2, 0) is 4.79 Å². The molecule has 1 unspecified atom stereocenters. The summed E-state index contributed by atoms with van der Waals surface area (Å²) >= 11 is 6.10. The van der Waals surface area contributed by atoms with Crippen LogP contribution in [0.1, 0.15) is 24.3 Å². The van der Waals surface area contributed by atoms with Gasteiger partial charge in [0.25, 0.3) is 0 Å². The van der Waals surface area contributed by atoms with Crippen LogP contribution < -0.4 is 4.74 Å². The Kier molecular flexibility index (Phi) is 2.46. The maximum absolute atomic E-state index is 11.3. The highest BCUT2D eigenvalue weighted by Crippen LogP contribution is 2.40. The van der Waals surface area contributed by atoms with Gasteiger partial charge < -0.3 is 4.74 Å². The van der Waals surface area contributed by atoms with Crippen molar-refractivity contribution in [2.24, 2.45) is 0 Å². The van der Waals surface area contributed by atoms with E-state index in [1.807, 2.05) is 12.1 Å². The van der Waals surface area contributed by atoms with E-state index < -0.39 is 0 Å². The Bertz CT molecular complexity index is 374. The predicted molar refractivity (Wildman–Crippen MR) is 55.0 cm³/mol. The van der Waals surface area contributed by atoms with Crippen LogP contribution >= 0.6 is 11.6 Å². The second-order valence-corrected chi connectivity index (χ2v) is 3.80. The Labute approximate surface area is 87.8 Å². The molecule has 74 valence electrons. The first kappa shape index (κ1) is 9.53. The van der Waals surface area contributed by atoms with Crippen LogP contribution in [0.5, 0.6) is 5.75 Å². The predicted octanol–water partition coefficient (Wildman–Crippen LogP) is 2.80. The molecule has 0 saturated heterocycles. The van der Waals surface area contributed by atoms with E-state index in [1.54, 1.807) is 13.2 Å². The molecule has 1 aliphatic rings. The first-order valence-electron chi connectivity index (χ1n) is 4.59. The van der Waals surface area contributed by atoms with Crippen LogP contribution in [0.3, 0.4) is 0 Å². The van der Waals surface area contributed by atoms with Gasteiger partial charge in [0.15, 0.2) is 0 Å². The van der Waals surface area contributed by atoms with E-state index in [2.05, 4.69) is 0 Å². The summed E-state index contributed by atoms with van der Waals surface area (Å²) in [6, 6.07) is 5.56. The lowest BCUT2D eigenvalue weighted by Gasteiger charge is -2.25. The lowest BCUT2D eigenvalue weighted by Crippen LogP contribution is -2.23. The van der Waals surface area contributed by atoms with Crippen molar-refractivity contribution in [3.8, 4) is 5.75 Å². The highest BCUT2D eigenvalue weighted by Gasteiger charge is 2.31. The van der Waals surface area contributed by atoms with Crippen LogP contribution in [0.25, 0.3) is 0 Å². The molecule has 0 heterocycles. The number of Topliss-reactive ketones (excluding diaryl/α,β-unsaturated/α-hetero) is 1. The van der Waals surface area contributed by atoms with E-state index in [0.717, 1.165) is 12.0 Å². The molecule has 1 atom stereocenters. The monoisotopic (exact) mass is 210 g/mol. The molecule has 0 bridgehead atoms. The Morgan fingerprint density at radius 1 is 1.50 bits per heavy atom. The van der Waals surface area contributed by atoms with Gasteiger partial charge in [-0.15, -0.1) is 0 Å². The third-order valence-electron chi connectivity index (χ3n) is 2.66. The average Bonchev–Trinajstić information content (AvgIpc) is 2.19. The fraction of sp³-hybridized carbons (Fsp3) is 0.364. The van der Waals surface area contributed by atoms with Gasteiger partial charge in [-0.2, -0.15) is 0 Å². The van der Waals surface area contributed by atoms with Gasteiger partial charge in [0.1, 0.15) is 11.5 Å². The Hall–Kier alpha value is -1.02. The van der Waals surface area contributed by atoms with Gasteiger partial charge in [-0.25, -0.2) is 0 Å². The first-order chi connectivity index (χ1) is 6.74. The molecule has 1 fully saturated rings. The Morgan fingerprint density at radius 2 is 2.29 bits per heavy atom. The van der Waals surface area contributed by atoms with Gasteiger partial charge >= 0.3 is 0 Å². The maximum Gasteiger partial charge on any atom is 0.140 e. The highest BCUT2D eigenvalue weighted by molar-refractivity contribution is 6.33. The average molecular weight is 211 g/mol. The quantitative estimate of drug-likeness (QED) is 0.751. The van der Waals surface area contributed by atoms with E-state index in [1.165, 1.54) is 0 Å². The number of carbonyl (C=O) groups is 1. The lowest BCUT2D eigenvalue weighted by atomic mass is 9.78. The number of hydrogen-bond donors (Lipinski definition) is 0. The number of benzene rings is 1. The van der Waals surface area contributed by atoms with E-state index in [9.17, 15) is 4.79 Å². The summed E-state index contributed by atoms with van der Waals surface area (Å²) in [4.78, 5) is 11.3. The molecule has 1 saturated carbocycles. The molecule has 2 rings (SSSR count). The Morgan fingerprint density at radius 3 is 2.79 bits per heavy atom. The zero-order valence-corrected chi connectivity index (χ0v) is 8.67. The number of rotatable bonds is 2. The highest BCUT2D eigenvalue weighted by atomic mass is 35.5. The molecule has 1 aromatic rings. The molecule has 0 N–H and O–H groups in total. The number of ether oxygens (including phenoxy) is 1. The summed E-state index contributed by atoms with van der Waals surface area (Å²) < 4.78 is 5.10. The van der Waals surface area contributed by atoms with Crippen LogP contribution in [0.4, 0.5) is 0 Å². The van der Waals surface area contributed by atoms with Gasteiger partial charge in [-0.05, 0) is 18.1 Å². The molecule has 0 radical (unpaired) electrons. The minimum atomic E-state index is -0.00222. The van der Waals surface area contributed by atoms with Crippen molar-refractivity contribution in [2.75, 3.05) is 7.11 Å². The Balaban J connectivity index is 2.38. The SMILES string of the molecule is COc1cccc(C2CCC2=O)c1Cl. The van der Waals surface area contributed by atoms with Crippen molar-refractivity contribution in [3.05, 3.63) is 28.8 Å². The van der Waals surface area contributed by atoms with Crippen molar-refractivity contribution in [3.63, 3.8) is 0 Å². The summed E-state index contributed by atoms with van der Waals surface area (Å²) in [5, 5.41) is 0.577. The van der Waals surface area contributed by atoms with Crippen molar-refractivity contribution in [1.29, 1.82) is 0 Å². The molecule has 0 aliphatic heterocycles. The molecule has 1 aromatic carbocycles. The molecular formula is C11H11ClO2.